The monoisotopic (exact) mass is 524 g/mol. The first-order valence-electron chi connectivity index (χ1n) is 10.6. The number of aromatic carboxylic acids is 1. The molecule has 0 bridgehead atoms. The van der Waals surface area contributed by atoms with Gasteiger partial charge in [-0.05, 0) is 61.1 Å². The molecule has 184 valence electrons. The molecule has 0 spiro atoms. The molecule has 8 heteroatoms. The van der Waals surface area contributed by atoms with Crippen LogP contribution in [-0.2, 0) is 19.6 Å². The summed E-state index contributed by atoms with van der Waals surface area (Å²) in [5.41, 5.74) is 13.2. The third kappa shape index (κ3) is 6.86. The van der Waals surface area contributed by atoms with E-state index in [1.54, 1.807) is 12.1 Å². The number of carboxylic acid groups (broad SMARTS) is 1. The lowest BCUT2D eigenvalue weighted by Crippen LogP contribution is -2.14. The minimum Gasteiger partial charge on any atom is -0.488 e. The number of ether oxygens (including phenoxy) is 1. The molecule has 5 nitrogen and oxygen atoms in total. The minimum absolute atomic E-state index is 0. The number of hydrogen-bond donors (Lipinski definition) is 2. The van der Waals surface area contributed by atoms with E-state index in [9.17, 15) is 9.90 Å². The second-order valence-electron chi connectivity index (χ2n) is 8.38. The van der Waals surface area contributed by atoms with Crippen LogP contribution in [0, 0.1) is 19.8 Å². The summed E-state index contributed by atoms with van der Waals surface area (Å²) in [6.45, 7) is 8.85. The molecule has 0 radical (unpaired) electrons. The number of carboxylic acids is 1. The van der Waals surface area contributed by atoms with E-state index < -0.39 is 5.97 Å². The molecule has 0 aliphatic rings. The van der Waals surface area contributed by atoms with Crippen molar-refractivity contribution in [2.45, 2.75) is 47.3 Å². The van der Waals surface area contributed by atoms with Gasteiger partial charge in [-0.1, -0.05) is 55.3 Å². The van der Waals surface area contributed by atoms with Gasteiger partial charge in [0.15, 0.2) is 0 Å². The molecule has 0 aliphatic carbocycles. The molecule has 0 unspecified atom stereocenters. The van der Waals surface area contributed by atoms with Crippen molar-refractivity contribution in [1.82, 2.24) is 4.98 Å². The van der Waals surface area contributed by atoms with Crippen molar-refractivity contribution in [3.05, 3.63) is 81.1 Å². The molecule has 0 amide bonds. The maximum absolute atomic E-state index is 11.7. The average Bonchev–Trinajstić information content (AvgIpc) is 2.73. The van der Waals surface area contributed by atoms with E-state index in [4.69, 9.17) is 27.1 Å². The van der Waals surface area contributed by atoms with E-state index in [2.05, 4.69) is 38.1 Å². The van der Waals surface area contributed by atoms with Crippen LogP contribution < -0.4 is 10.5 Å². The highest BCUT2D eigenvalue weighted by molar-refractivity contribution is 6.31. The van der Waals surface area contributed by atoms with Crippen molar-refractivity contribution in [3.8, 4) is 16.9 Å². The van der Waals surface area contributed by atoms with Crippen molar-refractivity contribution < 1.29 is 14.6 Å². The van der Waals surface area contributed by atoms with Gasteiger partial charge < -0.3 is 15.6 Å². The summed E-state index contributed by atoms with van der Waals surface area (Å²) in [5, 5.41) is 9.88. The van der Waals surface area contributed by atoms with Gasteiger partial charge in [0.25, 0.3) is 0 Å². The van der Waals surface area contributed by atoms with Gasteiger partial charge in [0.1, 0.15) is 17.9 Å². The van der Waals surface area contributed by atoms with Crippen molar-refractivity contribution in [1.29, 1.82) is 0 Å². The summed E-state index contributed by atoms with van der Waals surface area (Å²) in [6, 6.07) is 12.9. The van der Waals surface area contributed by atoms with Gasteiger partial charge in [-0.2, -0.15) is 0 Å². The quantitative estimate of drug-likeness (QED) is 0.338. The molecule has 0 saturated carbocycles. The Morgan fingerprint density at radius 2 is 1.74 bits per heavy atom. The summed E-state index contributed by atoms with van der Waals surface area (Å²) >= 11 is 5.98. The van der Waals surface area contributed by atoms with Crippen molar-refractivity contribution >= 4 is 42.4 Å². The maximum Gasteiger partial charge on any atom is 0.339 e. The Morgan fingerprint density at radius 3 is 2.29 bits per heavy atom. The van der Waals surface area contributed by atoms with Crippen LogP contribution >= 0.6 is 36.4 Å². The van der Waals surface area contributed by atoms with Gasteiger partial charge >= 0.3 is 5.97 Å². The van der Waals surface area contributed by atoms with Gasteiger partial charge in [0.05, 0.1) is 0 Å². The standard InChI is InChI=1S/C26H29ClN2O3.2ClH/c1-15(2)11-23-21(13-28)25(18-7-5-16(3)6-8-18)22(17(4)29-23)14-32-24-10-9-19(27)12-20(24)26(30)31;;/h5-10,12,15H,11,13-14,28H2,1-4H3,(H,30,31);2*1H. The normalized spacial score (nSPS) is 10.4. The number of nitrogens with zero attached hydrogens (tertiary/aromatic N) is 1. The highest BCUT2D eigenvalue weighted by Gasteiger charge is 2.21. The van der Waals surface area contributed by atoms with Crippen LogP contribution in [0.4, 0.5) is 0 Å². The number of hydrogen-bond acceptors (Lipinski definition) is 4. The SMILES string of the molecule is Cc1ccc(-c2c(COc3ccc(Cl)cc3C(=O)O)c(C)nc(CC(C)C)c2CN)cc1.Cl.Cl. The topological polar surface area (TPSA) is 85.4 Å². The molecule has 1 heterocycles. The lowest BCUT2D eigenvalue weighted by Gasteiger charge is -2.21. The number of aryl methyl sites for hydroxylation is 2. The summed E-state index contributed by atoms with van der Waals surface area (Å²) in [5.74, 6) is -0.393. The average molecular weight is 526 g/mol. The third-order valence-corrected chi connectivity index (χ3v) is 5.62. The van der Waals surface area contributed by atoms with Crippen LogP contribution in [0.15, 0.2) is 42.5 Å². The van der Waals surface area contributed by atoms with Gasteiger partial charge in [-0.15, -0.1) is 24.8 Å². The zero-order chi connectivity index (χ0) is 23.4. The first kappa shape index (κ1) is 29.7. The molecule has 3 rings (SSSR count). The number of halogens is 3. The Labute approximate surface area is 218 Å². The van der Waals surface area contributed by atoms with Gasteiger partial charge in [0.2, 0.25) is 0 Å². The Morgan fingerprint density at radius 1 is 1.09 bits per heavy atom. The predicted octanol–water partition coefficient (Wildman–Crippen LogP) is 6.80. The van der Waals surface area contributed by atoms with Crippen molar-refractivity contribution in [2.75, 3.05) is 0 Å². The van der Waals surface area contributed by atoms with Crippen LogP contribution in [0.25, 0.3) is 11.1 Å². The van der Waals surface area contributed by atoms with Gasteiger partial charge in [-0.3, -0.25) is 4.98 Å². The number of aromatic nitrogens is 1. The van der Waals surface area contributed by atoms with E-state index in [0.29, 0.717) is 17.5 Å². The van der Waals surface area contributed by atoms with E-state index in [1.807, 2.05) is 13.8 Å². The number of rotatable bonds is 8. The molecule has 0 atom stereocenters. The molecule has 2 aromatic carbocycles. The Kier molecular flexibility index (Phi) is 11.3. The Bertz CT molecular complexity index is 1130. The van der Waals surface area contributed by atoms with Crippen LogP contribution in [0.5, 0.6) is 5.75 Å². The summed E-state index contributed by atoms with van der Waals surface area (Å²) in [7, 11) is 0. The fraction of sp³-hybridized carbons (Fsp3) is 0.308. The highest BCUT2D eigenvalue weighted by Crippen LogP contribution is 2.34. The smallest absolute Gasteiger partial charge is 0.339 e. The summed E-state index contributed by atoms with van der Waals surface area (Å²) < 4.78 is 6.01. The maximum atomic E-state index is 11.7. The fourth-order valence-corrected chi connectivity index (χ4v) is 3.98. The molecular weight excluding hydrogens is 495 g/mol. The first-order chi connectivity index (χ1) is 15.2. The predicted molar refractivity (Wildman–Crippen MR) is 143 cm³/mol. The summed E-state index contributed by atoms with van der Waals surface area (Å²) in [6.07, 6.45) is 0.827. The fourth-order valence-electron chi connectivity index (χ4n) is 3.81. The van der Waals surface area contributed by atoms with Gasteiger partial charge in [0, 0.05) is 28.5 Å². The number of carbonyl (C=O) groups is 1. The van der Waals surface area contributed by atoms with Crippen LogP contribution in [-0.4, -0.2) is 16.1 Å². The molecule has 34 heavy (non-hydrogen) atoms. The molecule has 3 aromatic rings. The highest BCUT2D eigenvalue weighted by atomic mass is 35.5. The molecule has 0 fully saturated rings. The second kappa shape index (κ2) is 13.0. The molecule has 0 aliphatic heterocycles. The number of pyridine rings is 1. The van der Waals surface area contributed by atoms with Crippen LogP contribution in [0.3, 0.4) is 0 Å². The summed E-state index contributed by atoms with van der Waals surface area (Å²) in [4.78, 5) is 16.5. The van der Waals surface area contributed by atoms with E-state index >= 15 is 0 Å². The van der Waals surface area contributed by atoms with Gasteiger partial charge in [-0.25, -0.2) is 4.79 Å². The minimum atomic E-state index is -1.09. The second-order valence-corrected chi connectivity index (χ2v) is 8.81. The van der Waals surface area contributed by atoms with Crippen LogP contribution in [0.1, 0.15) is 52.3 Å². The molecule has 0 saturated heterocycles. The zero-order valence-electron chi connectivity index (χ0n) is 19.7. The Balaban J connectivity index is 0.00000289. The molecule has 3 N–H and O–H groups in total. The lowest BCUT2D eigenvalue weighted by atomic mass is 9.90. The lowest BCUT2D eigenvalue weighted by molar-refractivity contribution is 0.0691. The van der Waals surface area contributed by atoms with Crippen LogP contribution in [0.2, 0.25) is 5.02 Å². The largest absolute Gasteiger partial charge is 0.488 e. The van der Waals surface area contributed by atoms with E-state index in [0.717, 1.165) is 40.1 Å². The number of nitrogens with two attached hydrogens (primary N) is 1. The Hall–Kier alpha value is -2.31. The van der Waals surface area contributed by atoms with E-state index in [-0.39, 0.29) is 42.7 Å². The first-order valence-corrected chi connectivity index (χ1v) is 11.0. The zero-order valence-corrected chi connectivity index (χ0v) is 22.1. The number of benzene rings is 2. The van der Waals surface area contributed by atoms with Crippen molar-refractivity contribution in [2.24, 2.45) is 11.7 Å². The molecular formula is C26H31Cl3N2O3. The van der Waals surface area contributed by atoms with E-state index in [1.165, 1.54) is 11.6 Å². The van der Waals surface area contributed by atoms with Crippen molar-refractivity contribution in [3.63, 3.8) is 0 Å². The molecule has 1 aromatic heterocycles. The third-order valence-electron chi connectivity index (χ3n) is 5.38.